The molecule has 118 valence electrons. The first-order valence-corrected chi connectivity index (χ1v) is 7.25. The number of carbonyl (C=O) groups is 2. The minimum atomic E-state index is -0.560. The van der Waals surface area contributed by atoms with Crippen LogP contribution >= 0.6 is 0 Å². The third-order valence-electron chi connectivity index (χ3n) is 3.30. The van der Waals surface area contributed by atoms with Gasteiger partial charge >= 0.3 is 6.09 Å². The van der Waals surface area contributed by atoms with E-state index in [2.05, 4.69) is 10.6 Å². The lowest BCUT2D eigenvalue weighted by atomic mass is 10.2. The van der Waals surface area contributed by atoms with E-state index in [1.807, 2.05) is 30.3 Å². The molecule has 23 heavy (non-hydrogen) atoms. The molecule has 6 nitrogen and oxygen atoms in total. The van der Waals surface area contributed by atoms with Crippen LogP contribution in [0.1, 0.15) is 12.0 Å². The predicted octanol–water partition coefficient (Wildman–Crippen LogP) is 3.16. The summed E-state index contributed by atoms with van der Waals surface area (Å²) in [6.45, 7) is 0.530. The zero-order chi connectivity index (χ0) is 16.1. The average Bonchev–Trinajstić information content (AvgIpc) is 2.74. The summed E-state index contributed by atoms with van der Waals surface area (Å²) in [6.07, 6.45) is -0.258. The van der Waals surface area contributed by atoms with Crippen LogP contribution < -0.4 is 15.4 Å². The van der Waals surface area contributed by atoms with Gasteiger partial charge in [-0.05, 0) is 23.8 Å². The standard InChI is InChI=1S/C17H16N2O4/c20-16-8-9-22-15-7-6-13(10-14(15)19-16)18-17(21)23-11-12-4-2-1-3-5-12/h1-7,10H,8-9,11H2,(H,18,21)(H,19,20). The number of nitrogens with one attached hydrogen (secondary N) is 2. The number of anilines is 2. The summed E-state index contributed by atoms with van der Waals surface area (Å²) in [5.41, 5.74) is 1.96. The van der Waals surface area contributed by atoms with Gasteiger partial charge in [0.25, 0.3) is 0 Å². The van der Waals surface area contributed by atoms with Crippen molar-refractivity contribution >= 4 is 23.4 Å². The molecule has 0 radical (unpaired) electrons. The van der Waals surface area contributed by atoms with Gasteiger partial charge in [-0.15, -0.1) is 0 Å². The molecule has 6 heteroatoms. The van der Waals surface area contributed by atoms with Crippen molar-refractivity contribution in [1.82, 2.24) is 0 Å². The Balaban J connectivity index is 1.61. The number of hydrogen-bond acceptors (Lipinski definition) is 4. The van der Waals surface area contributed by atoms with Crippen molar-refractivity contribution in [3.05, 3.63) is 54.1 Å². The zero-order valence-electron chi connectivity index (χ0n) is 12.4. The second-order valence-corrected chi connectivity index (χ2v) is 5.04. The number of ether oxygens (including phenoxy) is 2. The fraction of sp³-hybridized carbons (Fsp3) is 0.176. The van der Waals surface area contributed by atoms with Crippen LogP contribution in [0.2, 0.25) is 0 Å². The summed E-state index contributed by atoms with van der Waals surface area (Å²) in [5, 5.41) is 5.37. The van der Waals surface area contributed by atoms with Crippen molar-refractivity contribution in [1.29, 1.82) is 0 Å². The second kappa shape index (κ2) is 6.83. The highest BCUT2D eigenvalue weighted by Crippen LogP contribution is 2.30. The Hall–Kier alpha value is -3.02. The first-order valence-electron chi connectivity index (χ1n) is 7.25. The van der Waals surface area contributed by atoms with E-state index in [-0.39, 0.29) is 12.5 Å². The Kier molecular flexibility index (Phi) is 4.42. The number of fused-ring (bicyclic) bond motifs is 1. The van der Waals surface area contributed by atoms with Crippen LogP contribution in [0.25, 0.3) is 0 Å². The highest BCUT2D eigenvalue weighted by atomic mass is 16.5. The molecule has 0 fully saturated rings. The summed E-state index contributed by atoms with van der Waals surface area (Å²) < 4.78 is 10.6. The van der Waals surface area contributed by atoms with Gasteiger partial charge in [-0.25, -0.2) is 4.79 Å². The quantitative estimate of drug-likeness (QED) is 0.912. The summed E-state index contributed by atoms with van der Waals surface area (Å²) >= 11 is 0. The van der Waals surface area contributed by atoms with Crippen LogP contribution in [0.3, 0.4) is 0 Å². The van der Waals surface area contributed by atoms with Crippen molar-refractivity contribution in [3.8, 4) is 5.75 Å². The molecule has 2 aromatic carbocycles. The second-order valence-electron chi connectivity index (χ2n) is 5.04. The molecule has 3 rings (SSSR count). The number of rotatable bonds is 3. The van der Waals surface area contributed by atoms with Crippen molar-refractivity contribution in [2.24, 2.45) is 0 Å². The Bertz CT molecular complexity index is 716. The maximum Gasteiger partial charge on any atom is 0.411 e. The largest absolute Gasteiger partial charge is 0.491 e. The number of carbonyl (C=O) groups excluding carboxylic acids is 2. The molecule has 2 aromatic rings. The van der Waals surface area contributed by atoms with Crippen LogP contribution in [-0.4, -0.2) is 18.6 Å². The number of amides is 2. The monoisotopic (exact) mass is 312 g/mol. The van der Waals surface area contributed by atoms with Gasteiger partial charge in [-0.3, -0.25) is 10.1 Å². The Morgan fingerprint density at radius 2 is 2.04 bits per heavy atom. The molecular weight excluding hydrogens is 296 g/mol. The fourth-order valence-electron chi connectivity index (χ4n) is 2.17. The third-order valence-corrected chi connectivity index (χ3v) is 3.30. The lowest BCUT2D eigenvalue weighted by Gasteiger charge is -2.11. The first kappa shape index (κ1) is 14.9. The minimum Gasteiger partial charge on any atom is -0.491 e. The minimum absolute atomic E-state index is 0.118. The van der Waals surface area contributed by atoms with E-state index in [0.717, 1.165) is 5.56 Å². The molecule has 1 heterocycles. The number of benzene rings is 2. The maximum atomic E-state index is 11.8. The van der Waals surface area contributed by atoms with Crippen LogP contribution in [0.15, 0.2) is 48.5 Å². The molecular formula is C17H16N2O4. The van der Waals surface area contributed by atoms with E-state index in [9.17, 15) is 9.59 Å². The van der Waals surface area contributed by atoms with E-state index in [4.69, 9.17) is 9.47 Å². The molecule has 0 aromatic heterocycles. The summed E-state index contributed by atoms with van der Waals surface area (Å²) in [5.74, 6) is 0.464. The average molecular weight is 312 g/mol. The highest BCUT2D eigenvalue weighted by Gasteiger charge is 2.15. The lowest BCUT2D eigenvalue weighted by molar-refractivity contribution is -0.116. The highest BCUT2D eigenvalue weighted by molar-refractivity contribution is 5.94. The van der Waals surface area contributed by atoms with Crippen LogP contribution in [0.4, 0.5) is 16.2 Å². The van der Waals surface area contributed by atoms with Crippen LogP contribution in [0, 0.1) is 0 Å². The Labute approximate surface area is 133 Å². The molecule has 0 atom stereocenters. The van der Waals surface area contributed by atoms with E-state index in [0.29, 0.717) is 30.2 Å². The molecule has 0 spiro atoms. The van der Waals surface area contributed by atoms with Gasteiger partial charge in [0.2, 0.25) is 5.91 Å². The fourth-order valence-corrected chi connectivity index (χ4v) is 2.17. The lowest BCUT2D eigenvalue weighted by Crippen LogP contribution is -2.14. The van der Waals surface area contributed by atoms with Gasteiger partial charge < -0.3 is 14.8 Å². The van der Waals surface area contributed by atoms with Gasteiger partial charge in [-0.1, -0.05) is 30.3 Å². The molecule has 1 aliphatic heterocycles. The topological polar surface area (TPSA) is 76.7 Å². The molecule has 0 unspecified atom stereocenters. The zero-order valence-corrected chi connectivity index (χ0v) is 12.4. The number of hydrogen-bond donors (Lipinski definition) is 2. The Morgan fingerprint density at radius 1 is 1.22 bits per heavy atom. The molecule has 0 saturated carbocycles. The normalized spacial score (nSPS) is 13.1. The summed E-state index contributed by atoms with van der Waals surface area (Å²) in [6, 6.07) is 14.5. The SMILES string of the molecule is O=C1CCOc2ccc(NC(=O)OCc3ccccc3)cc2N1. The molecule has 1 aliphatic rings. The Morgan fingerprint density at radius 3 is 2.87 bits per heavy atom. The summed E-state index contributed by atoms with van der Waals surface area (Å²) in [7, 11) is 0. The molecule has 2 amide bonds. The van der Waals surface area contributed by atoms with Crippen molar-refractivity contribution < 1.29 is 19.1 Å². The summed E-state index contributed by atoms with van der Waals surface area (Å²) in [4.78, 5) is 23.4. The molecule has 0 saturated heterocycles. The van der Waals surface area contributed by atoms with Gasteiger partial charge in [-0.2, -0.15) is 0 Å². The van der Waals surface area contributed by atoms with Crippen LogP contribution in [-0.2, 0) is 16.1 Å². The molecule has 0 bridgehead atoms. The van der Waals surface area contributed by atoms with Gasteiger partial charge in [0.15, 0.2) is 0 Å². The smallest absolute Gasteiger partial charge is 0.411 e. The van der Waals surface area contributed by atoms with E-state index < -0.39 is 6.09 Å². The van der Waals surface area contributed by atoms with E-state index >= 15 is 0 Å². The van der Waals surface area contributed by atoms with E-state index in [1.165, 1.54) is 0 Å². The third kappa shape index (κ3) is 4.00. The van der Waals surface area contributed by atoms with E-state index in [1.54, 1.807) is 18.2 Å². The van der Waals surface area contributed by atoms with Crippen LogP contribution in [0.5, 0.6) is 5.75 Å². The van der Waals surface area contributed by atoms with Gasteiger partial charge in [0.1, 0.15) is 12.4 Å². The molecule has 2 N–H and O–H groups in total. The van der Waals surface area contributed by atoms with Gasteiger partial charge in [0.05, 0.1) is 18.7 Å². The molecule has 0 aliphatic carbocycles. The predicted molar refractivity (Wildman–Crippen MR) is 85.4 cm³/mol. The van der Waals surface area contributed by atoms with Gasteiger partial charge in [0, 0.05) is 5.69 Å². The van der Waals surface area contributed by atoms with Crippen molar-refractivity contribution in [2.75, 3.05) is 17.2 Å². The van der Waals surface area contributed by atoms with Crippen molar-refractivity contribution in [2.45, 2.75) is 13.0 Å². The van der Waals surface area contributed by atoms with Crippen molar-refractivity contribution in [3.63, 3.8) is 0 Å². The maximum absolute atomic E-state index is 11.8. The first-order chi connectivity index (χ1) is 11.2.